The minimum Gasteiger partial charge on any atom is -0.472 e. The van der Waals surface area contributed by atoms with Gasteiger partial charge in [0.15, 0.2) is 0 Å². The summed E-state index contributed by atoms with van der Waals surface area (Å²) in [7, 11) is 0. The second-order valence-electron chi connectivity index (χ2n) is 7.45. The summed E-state index contributed by atoms with van der Waals surface area (Å²) in [6.07, 6.45) is 7.53. The highest BCUT2D eigenvalue weighted by atomic mass is 16.6. The Morgan fingerprint density at radius 2 is 2.05 bits per heavy atom. The standard InChI is InChI=1S/C17H26N2O3/c1-17(2,3)22-16(20)19-14-4-5-15(19)9-13(8-14)18-10-12-6-7-21-11-12/h6-7,11,13-15,18H,4-5,8-10H2,1-3H3. The lowest BCUT2D eigenvalue weighted by Gasteiger charge is -2.39. The Balaban J connectivity index is 1.56. The van der Waals surface area contributed by atoms with Gasteiger partial charge in [0.1, 0.15) is 5.60 Å². The lowest BCUT2D eigenvalue weighted by Crippen LogP contribution is -2.52. The van der Waals surface area contributed by atoms with E-state index in [1.807, 2.05) is 31.7 Å². The van der Waals surface area contributed by atoms with Crippen molar-refractivity contribution < 1.29 is 13.9 Å². The molecule has 2 saturated heterocycles. The molecule has 1 N–H and O–H groups in total. The van der Waals surface area contributed by atoms with Gasteiger partial charge in [-0.15, -0.1) is 0 Å². The largest absolute Gasteiger partial charge is 0.472 e. The molecule has 0 saturated carbocycles. The van der Waals surface area contributed by atoms with Gasteiger partial charge in [-0.2, -0.15) is 0 Å². The molecule has 1 aromatic rings. The van der Waals surface area contributed by atoms with Crippen LogP contribution in [0.2, 0.25) is 0 Å². The fourth-order valence-electron chi connectivity index (χ4n) is 3.61. The SMILES string of the molecule is CC(C)(C)OC(=O)N1C2CCC1CC(NCc1ccoc1)C2. The summed E-state index contributed by atoms with van der Waals surface area (Å²) in [6.45, 7) is 6.59. The summed E-state index contributed by atoms with van der Waals surface area (Å²) >= 11 is 0. The average molecular weight is 306 g/mol. The first-order valence-electron chi connectivity index (χ1n) is 8.18. The Bertz CT molecular complexity index is 492. The molecule has 0 aliphatic carbocycles. The number of carbonyl (C=O) groups excluding carboxylic acids is 1. The fourth-order valence-corrected chi connectivity index (χ4v) is 3.61. The average Bonchev–Trinajstić information content (AvgIpc) is 3.01. The van der Waals surface area contributed by atoms with Crippen molar-refractivity contribution in [1.29, 1.82) is 0 Å². The topological polar surface area (TPSA) is 54.7 Å². The third-order valence-corrected chi connectivity index (χ3v) is 4.51. The van der Waals surface area contributed by atoms with Crippen LogP contribution in [0.15, 0.2) is 23.0 Å². The van der Waals surface area contributed by atoms with Gasteiger partial charge in [0.05, 0.1) is 12.5 Å². The minimum atomic E-state index is -0.424. The van der Waals surface area contributed by atoms with Crippen molar-refractivity contribution in [2.45, 2.75) is 76.7 Å². The molecular weight excluding hydrogens is 280 g/mol. The highest BCUT2D eigenvalue weighted by Crippen LogP contribution is 2.36. The summed E-state index contributed by atoms with van der Waals surface area (Å²) in [4.78, 5) is 14.4. The first kappa shape index (κ1) is 15.4. The summed E-state index contributed by atoms with van der Waals surface area (Å²) in [5.74, 6) is 0. The van der Waals surface area contributed by atoms with Gasteiger partial charge in [0, 0.05) is 30.2 Å². The maximum absolute atomic E-state index is 12.4. The number of furan rings is 1. The molecule has 2 aliphatic rings. The maximum atomic E-state index is 12.4. The molecule has 1 aromatic heterocycles. The van der Waals surface area contributed by atoms with Crippen molar-refractivity contribution in [3.05, 3.63) is 24.2 Å². The molecule has 0 aromatic carbocycles. The Kier molecular flexibility index (Phi) is 4.17. The van der Waals surface area contributed by atoms with Gasteiger partial charge in [0.25, 0.3) is 0 Å². The van der Waals surface area contributed by atoms with Crippen LogP contribution in [-0.4, -0.2) is 34.7 Å². The predicted molar refractivity (Wildman–Crippen MR) is 83.5 cm³/mol. The molecule has 2 unspecified atom stereocenters. The molecule has 1 amide bonds. The zero-order valence-corrected chi connectivity index (χ0v) is 13.7. The number of ether oxygens (including phenoxy) is 1. The smallest absolute Gasteiger partial charge is 0.410 e. The first-order chi connectivity index (χ1) is 10.4. The number of piperidine rings is 1. The van der Waals surface area contributed by atoms with Crippen molar-refractivity contribution in [1.82, 2.24) is 10.2 Å². The number of amides is 1. The number of nitrogens with one attached hydrogen (secondary N) is 1. The van der Waals surface area contributed by atoms with Crippen molar-refractivity contribution in [3.8, 4) is 0 Å². The molecule has 2 fully saturated rings. The van der Waals surface area contributed by atoms with Gasteiger partial charge in [-0.25, -0.2) is 4.79 Å². The van der Waals surface area contributed by atoms with Crippen molar-refractivity contribution >= 4 is 6.09 Å². The van der Waals surface area contributed by atoms with Crippen LogP contribution in [0.1, 0.15) is 52.0 Å². The second-order valence-corrected chi connectivity index (χ2v) is 7.45. The van der Waals surface area contributed by atoms with E-state index in [2.05, 4.69) is 5.32 Å². The molecule has 5 nitrogen and oxygen atoms in total. The molecule has 0 radical (unpaired) electrons. The third-order valence-electron chi connectivity index (χ3n) is 4.51. The molecule has 2 atom stereocenters. The first-order valence-corrected chi connectivity index (χ1v) is 8.18. The van der Waals surface area contributed by atoms with Crippen LogP contribution in [0.4, 0.5) is 4.79 Å². The van der Waals surface area contributed by atoms with E-state index < -0.39 is 5.60 Å². The third kappa shape index (κ3) is 3.46. The Hall–Kier alpha value is -1.49. The number of rotatable bonds is 3. The van der Waals surface area contributed by atoms with Crippen LogP contribution >= 0.6 is 0 Å². The minimum absolute atomic E-state index is 0.145. The van der Waals surface area contributed by atoms with Crippen molar-refractivity contribution in [2.75, 3.05) is 0 Å². The zero-order chi connectivity index (χ0) is 15.7. The number of nitrogens with zero attached hydrogens (tertiary/aromatic N) is 1. The fraction of sp³-hybridized carbons (Fsp3) is 0.706. The molecular formula is C17H26N2O3. The Morgan fingerprint density at radius 3 is 2.59 bits per heavy atom. The van der Waals surface area contributed by atoms with Gasteiger partial charge < -0.3 is 19.4 Å². The number of carbonyl (C=O) groups is 1. The monoisotopic (exact) mass is 306 g/mol. The highest BCUT2D eigenvalue weighted by Gasteiger charge is 2.44. The Morgan fingerprint density at radius 1 is 1.36 bits per heavy atom. The van der Waals surface area contributed by atoms with Crippen LogP contribution in [0.3, 0.4) is 0 Å². The Labute approximate surface area is 132 Å². The van der Waals surface area contributed by atoms with E-state index in [0.29, 0.717) is 18.1 Å². The van der Waals surface area contributed by atoms with E-state index in [1.165, 1.54) is 5.56 Å². The molecule has 2 bridgehead atoms. The van der Waals surface area contributed by atoms with Crippen LogP contribution in [0, 0.1) is 0 Å². The molecule has 22 heavy (non-hydrogen) atoms. The van der Waals surface area contributed by atoms with E-state index in [0.717, 1.165) is 32.2 Å². The highest BCUT2D eigenvalue weighted by molar-refractivity contribution is 5.69. The molecule has 2 aliphatic heterocycles. The molecule has 3 heterocycles. The quantitative estimate of drug-likeness (QED) is 0.931. The van der Waals surface area contributed by atoms with Crippen LogP contribution in [0.25, 0.3) is 0 Å². The van der Waals surface area contributed by atoms with Gasteiger partial charge in [-0.1, -0.05) is 0 Å². The maximum Gasteiger partial charge on any atom is 0.410 e. The van der Waals surface area contributed by atoms with E-state index >= 15 is 0 Å². The van der Waals surface area contributed by atoms with Crippen molar-refractivity contribution in [2.24, 2.45) is 0 Å². The molecule has 122 valence electrons. The van der Waals surface area contributed by atoms with Gasteiger partial charge in [0.2, 0.25) is 0 Å². The number of hydrogen-bond acceptors (Lipinski definition) is 4. The lowest BCUT2D eigenvalue weighted by molar-refractivity contribution is 0.00466. The summed E-state index contributed by atoms with van der Waals surface area (Å²) in [5, 5.41) is 3.59. The van der Waals surface area contributed by atoms with Crippen LogP contribution in [-0.2, 0) is 11.3 Å². The lowest BCUT2D eigenvalue weighted by atomic mass is 9.97. The summed E-state index contributed by atoms with van der Waals surface area (Å²) in [6, 6.07) is 3.08. The van der Waals surface area contributed by atoms with Gasteiger partial charge in [-0.05, 0) is 52.5 Å². The second kappa shape index (κ2) is 5.95. The van der Waals surface area contributed by atoms with Crippen LogP contribution < -0.4 is 5.32 Å². The number of hydrogen-bond donors (Lipinski definition) is 1. The summed E-state index contributed by atoms with van der Waals surface area (Å²) < 4.78 is 10.7. The predicted octanol–water partition coefficient (Wildman–Crippen LogP) is 3.30. The normalized spacial score (nSPS) is 28.0. The molecule has 5 heteroatoms. The zero-order valence-electron chi connectivity index (χ0n) is 13.7. The van der Waals surface area contributed by atoms with Crippen molar-refractivity contribution in [3.63, 3.8) is 0 Å². The van der Waals surface area contributed by atoms with Crippen LogP contribution in [0.5, 0.6) is 0 Å². The van der Waals surface area contributed by atoms with E-state index in [1.54, 1.807) is 12.5 Å². The number of fused-ring (bicyclic) bond motifs is 2. The molecule has 0 spiro atoms. The van der Waals surface area contributed by atoms with E-state index in [9.17, 15) is 4.79 Å². The molecule has 3 rings (SSSR count). The van der Waals surface area contributed by atoms with E-state index in [4.69, 9.17) is 9.15 Å². The van der Waals surface area contributed by atoms with Gasteiger partial charge >= 0.3 is 6.09 Å². The summed E-state index contributed by atoms with van der Waals surface area (Å²) in [5.41, 5.74) is 0.745. The van der Waals surface area contributed by atoms with Gasteiger partial charge in [-0.3, -0.25) is 0 Å². The van der Waals surface area contributed by atoms with E-state index in [-0.39, 0.29) is 6.09 Å².